The van der Waals surface area contributed by atoms with Crippen molar-refractivity contribution in [2.45, 2.75) is 50.0 Å². The van der Waals surface area contributed by atoms with Crippen LogP contribution in [0.4, 0.5) is 4.39 Å². The van der Waals surface area contributed by atoms with Crippen LogP contribution in [0, 0.1) is 18.7 Å². The van der Waals surface area contributed by atoms with Crippen LogP contribution >= 0.6 is 0 Å². The average molecular weight is 314 g/mol. The summed E-state index contributed by atoms with van der Waals surface area (Å²) < 4.78 is 41.2. The fraction of sp³-hybridized carbons (Fsp3) is 0.600. The van der Waals surface area contributed by atoms with Gasteiger partial charge in [-0.25, -0.2) is 17.5 Å². The molecule has 1 aliphatic carbocycles. The average Bonchev–Trinajstić information content (AvgIpc) is 2.48. The molecule has 0 amide bonds. The van der Waals surface area contributed by atoms with Gasteiger partial charge >= 0.3 is 0 Å². The van der Waals surface area contributed by atoms with Crippen molar-refractivity contribution in [3.05, 3.63) is 29.6 Å². The third kappa shape index (κ3) is 4.02. The first-order valence-electron chi connectivity index (χ1n) is 7.42. The van der Waals surface area contributed by atoms with E-state index in [0.29, 0.717) is 5.56 Å². The first-order valence-corrected chi connectivity index (χ1v) is 8.91. The third-order valence-electron chi connectivity index (χ3n) is 4.16. The van der Waals surface area contributed by atoms with Gasteiger partial charge in [0.2, 0.25) is 10.0 Å². The molecular weight excluding hydrogens is 291 g/mol. The van der Waals surface area contributed by atoms with E-state index in [1.165, 1.54) is 18.6 Å². The standard InChI is InChI=1S/C15H23FN2O2S/c1-11-7-8-13(16)15(9-11)21(19,20)18-14(10-17)12-5-3-2-4-6-12/h7-9,12,14,18H,2-6,10,17H2,1H3. The van der Waals surface area contributed by atoms with Gasteiger partial charge in [0.1, 0.15) is 10.7 Å². The van der Waals surface area contributed by atoms with Crippen LogP contribution in [0.3, 0.4) is 0 Å². The van der Waals surface area contributed by atoms with Gasteiger partial charge in [0.05, 0.1) is 0 Å². The Morgan fingerprint density at radius 1 is 1.33 bits per heavy atom. The molecule has 1 unspecified atom stereocenters. The van der Waals surface area contributed by atoms with Crippen LogP contribution in [-0.4, -0.2) is 21.0 Å². The van der Waals surface area contributed by atoms with Crippen molar-refractivity contribution in [1.29, 1.82) is 0 Å². The lowest BCUT2D eigenvalue weighted by molar-refractivity contribution is 0.294. The number of halogens is 1. The fourth-order valence-corrected chi connectivity index (χ4v) is 4.43. The molecule has 1 saturated carbocycles. The van der Waals surface area contributed by atoms with Gasteiger partial charge in [0.25, 0.3) is 0 Å². The summed E-state index contributed by atoms with van der Waals surface area (Å²) in [6.07, 6.45) is 5.33. The van der Waals surface area contributed by atoms with Crippen molar-refractivity contribution >= 4 is 10.0 Å². The van der Waals surface area contributed by atoms with E-state index in [4.69, 9.17) is 5.73 Å². The topological polar surface area (TPSA) is 72.2 Å². The smallest absolute Gasteiger partial charge is 0.243 e. The molecule has 2 rings (SSSR count). The summed E-state index contributed by atoms with van der Waals surface area (Å²) in [5.41, 5.74) is 6.44. The molecule has 1 aromatic rings. The predicted octanol–water partition coefficient (Wildman–Crippen LogP) is 2.32. The molecule has 3 N–H and O–H groups in total. The molecule has 0 saturated heterocycles. The molecule has 1 fully saturated rings. The number of hydrogen-bond acceptors (Lipinski definition) is 3. The number of nitrogens with one attached hydrogen (secondary N) is 1. The molecule has 0 aromatic heterocycles. The van der Waals surface area contributed by atoms with Crippen molar-refractivity contribution < 1.29 is 12.8 Å². The Bertz CT molecular complexity index is 583. The lowest BCUT2D eigenvalue weighted by Gasteiger charge is -2.29. The lowest BCUT2D eigenvalue weighted by Crippen LogP contribution is -2.46. The molecule has 1 aromatic carbocycles. The van der Waals surface area contributed by atoms with E-state index in [1.54, 1.807) is 13.0 Å². The summed E-state index contributed by atoms with van der Waals surface area (Å²) in [6.45, 7) is 1.97. The van der Waals surface area contributed by atoms with Gasteiger partial charge in [0, 0.05) is 12.6 Å². The minimum atomic E-state index is -3.88. The summed E-state index contributed by atoms with van der Waals surface area (Å²) in [5, 5.41) is 0. The monoisotopic (exact) mass is 314 g/mol. The van der Waals surface area contributed by atoms with Gasteiger partial charge in [0.15, 0.2) is 0 Å². The Morgan fingerprint density at radius 2 is 2.00 bits per heavy atom. The molecule has 4 nitrogen and oxygen atoms in total. The predicted molar refractivity (Wildman–Crippen MR) is 80.9 cm³/mol. The number of sulfonamides is 1. The highest BCUT2D eigenvalue weighted by molar-refractivity contribution is 7.89. The second-order valence-corrected chi connectivity index (χ2v) is 7.48. The van der Waals surface area contributed by atoms with Crippen LogP contribution in [0.25, 0.3) is 0 Å². The molecule has 0 radical (unpaired) electrons. The molecule has 1 aliphatic rings. The molecule has 0 spiro atoms. The van der Waals surface area contributed by atoms with Crippen molar-refractivity contribution in [3.8, 4) is 0 Å². The summed E-state index contributed by atoms with van der Waals surface area (Å²) in [5.74, 6) is -0.487. The van der Waals surface area contributed by atoms with Gasteiger partial charge in [-0.15, -0.1) is 0 Å². The zero-order chi connectivity index (χ0) is 15.5. The first-order chi connectivity index (χ1) is 9.94. The van der Waals surface area contributed by atoms with Crippen LogP contribution in [0.1, 0.15) is 37.7 Å². The van der Waals surface area contributed by atoms with E-state index >= 15 is 0 Å². The van der Waals surface area contributed by atoms with E-state index in [2.05, 4.69) is 4.72 Å². The second-order valence-electron chi connectivity index (χ2n) is 5.80. The molecule has 0 aliphatic heterocycles. The Morgan fingerprint density at radius 3 is 2.62 bits per heavy atom. The van der Waals surface area contributed by atoms with Gasteiger partial charge in [-0.3, -0.25) is 0 Å². The molecule has 0 bridgehead atoms. The molecule has 6 heteroatoms. The number of benzene rings is 1. The molecule has 1 atom stereocenters. The van der Waals surface area contributed by atoms with Crippen LogP contribution in [0.5, 0.6) is 0 Å². The van der Waals surface area contributed by atoms with E-state index in [9.17, 15) is 12.8 Å². The van der Waals surface area contributed by atoms with Crippen molar-refractivity contribution in [1.82, 2.24) is 4.72 Å². The minimum Gasteiger partial charge on any atom is -0.329 e. The highest BCUT2D eigenvalue weighted by Crippen LogP contribution is 2.27. The van der Waals surface area contributed by atoms with Crippen molar-refractivity contribution in [2.75, 3.05) is 6.54 Å². The maximum atomic E-state index is 13.8. The quantitative estimate of drug-likeness (QED) is 0.876. The summed E-state index contributed by atoms with van der Waals surface area (Å²) >= 11 is 0. The molecular formula is C15H23FN2O2S. The van der Waals surface area contributed by atoms with Crippen LogP contribution < -0.4 is 10.5 Å². The van der Waals surface area contributed by atoms with E-state index in [0.717, 1.165) is 25.7 Å². The Labute approximate surface area is 126 Å². The van der Waals surface area contributed by atoms with Gasteiger partial charge in [-0.1, -0.05) is 25.3 Å². The van der Waals surface area contributed by atoms with Gasteiger partial charge in [-0.05, 0) is 43.4 Å². The van der Waals surface area contributed by atoms with Crippen LogP contribution in [0.2, 0.25) is 0 Å². The molecule has 0 heterocycles. The highest BCUT2D eigenvalue weighted by atomic mass is 32.2. The second kappa shape index (κ2) is 6.85. The number of aryl methyl sites for hydroxylation is 1. The lowest BCUT2D eigenvalue weighted by atomic mass is 9.84. The van der Waals surface area contributed by atoms with E-state index in [-0.39, 0.29) is 23.4 Å². The molecule has 118 valence electrons. The summed E-state index contributed by atoms with van der Waals surface area (Å²) in [6, 6.07) is 3.76. The fourth-order valence-electron chi connectivity index (χ4n) is 2.95. The van der Waals surface area contributed by atoms with Gasteiger partial charge < -0.3 is 5.73 Å². The van der Waals surface area contributed by atoms with Gasteiger partial charge in [-0.2, -0.15) is 0 Å². The minimum absolute atomic E-state index is 0.233. The first kappa shape index (κ1) is 16.4. The van der Waals surface area contributed by atoms with Crippen LogP contribution in [-0.2, 0) is 10.0 Å². The van der Waals surface area contributed by atoms with Crippen molar-refractivity contribution in [3.63, 3.8) is 0 Å². The maximum absolute atomic E-state index is 13.8. The number of nitrogens with two attached hydrogens (primary N) is 1. The number of rotatable bonds is 5. The summed E-state index contributed by atoms with van der Waals surface area (Å²) in [7, 11) is -3.88. The number of hydrogen-bond donors (Lipinski definition) is 2. The Balaban J connectivity index is 2.20. The summed E-state index contributed by atoms with van der Waals surface area (Å²) in [4.78, 5) is -0.295. The van der Waals surface area contributed by atoms with Crippen LogP contribution in [0.15, 0.2) is 23.1 Å². The highest BCUT2D eigenvalue weighted by Gasteiger charge is 2.28. The Hall–Kier alpha value is -0.980. The normalized spacial score (nSPS) is 18.6. The SMILES string of the molecule is Cc1ccc(F)c(S(=O)(=O)NC(CN)C2CCCCC2)c1. The van der Waals surface area contributed by atoms with Crippen molar-refractivity contribution in [2.24, 2.45) is 11.7 Å². The third-order valence-corrected chi connectivity index (χ3v) is 5.66. The maximum Gasteiger partial charge on any atom is 0.243 e. The largest absolute Gasteiger partial charge is 0.329 e. The molecule has 21 heavy (non-hydrogen) atoms. The zero-order valence-corrected chi connectivity index (χ0v) is 13.1. The van der Waals surface area contributed by atoms with E-state index in [1.807, 2.05) is 0 Å². The van der Waals surface area contributed by atoms with E-state index < -0.39 is 15.8 Å². The Kier molecular flexibility index (Phi) is 5.35. The zero-order valence-electron chi connectivity index (χ0n) is 12.3.